The summed E-state index contributed by atoms with van der Waals surface area (Å²) in [4.78, 5) is 45.3. The third-order valence-electron chi connectivity index (χ3n) is 13.9. The number of allylic oxidation sites excluding steroid dienone is 2. The molecule has 7 rings (SSSR count). The quantitative estimate of drug-likeness (QED) is 0.0840. The van der Waals surface area contributed by atoms with Crippen LogP contribution in [0.25, 0.3) is 10.8 Å². The number of esters is 1. The molecule has 0 aromatic heterocycles. The van der Waals surface area contributed by atoms with Crippen molar-refractivity contribution < 1.29 is 58.9 Å². The molecule has 364 valence electrons. The number of phenolic OH excluding ortho intramolecular Hbond substituents is 3. The monoisotopic (exact) mass is 927 g/mol. The number of piperazine rings is 1. The number of hydrogen-bond donors (Lipinski definition) is 6. The number of benzene rings is 3. The number of aliphatic hydroxyl groups is 2. The molecular weight excluding hydrogens is 859 g/mol. The van der Waals surface area contributed by atoms with Gasteiger partial charge >= 0.3 is 11.8 Å². The van der Waals surface area contributed by atoms with Crippen molar-refractivity contribution in [3.8, 4) is 23.0 Å². The van der Waals surface area contributed by atoms with E-state index in [1.54, 1.807) is 46.8 Å². The smallest absolute Gasteiger partial charge is 0.312 e. The molecule has 15 heteroatoms. The van der Waals surface area contributed by atoms with Crippen LogP contribution >= 0.6 is 0 Å². The molecule has 1 fully saturated rings. The molecular formula is C52H69N3O12. The summed E-state index contributed by atoms with van der Waals surface area (Å²) in [6.45, 7) is 21.7. The topological polar surface area (TPSA) is 208 Å². The Balaban J connectivity index is 1.46. The van der Waals surface area contributed by atoms with Gasteiger partial charge in [-0.3, -0.25) is 19.3 Å². The minimum absolute atomic E-state index is 0.0201. The van der Waals surface area contributed by atoms with Gasteiger partial charge in [-0.2, -0.15) is 0 Å². The fourth-order valence-electron chi connectivity index (χ4n) is 9.51. The number of aliphatic hydroxyl groups excluding tert-OH is 2. The summed E-state index contributed by atoms with van der Waals surface area (Å²) >= 11 is 0. The summed E-state index contributed by atoms with van der Waals surface area (Å²) in [6.07, 6.45) is 3.70. The third-order valence-corrected chi connectivity index (χ3v) is 13.9. The minimum atomic E-state index is -2.04. The summed E-state index contributed by atoms with van der Waals surface area (Å²) in [6, 6.07) is 8.54. The van der Waals surface area contributed by atoms with E-state index in [-0.39, 0.29) is 50.0 Å². The van der Waals surface area contributed by atoms with Crippen LogP contribution in [0.5, 0.6) is 23.0 Å². The van der Waals surface area contributed by atoms with Crippen LogP contribution in [0.4, 0.5) is 11.4 Å². The first-order valence-corrected chi connectivity index (χ1v) is 23.1. The zero-order valence-corrected chi connectivity index (χ0v) is 40.8. The lowest BCUT2D eigenvalue weighted by atomic mass is 9.78. The van der Waals surface area contributed by atoms with E-state index < -0.39 is 88.8 Å². The number of carbonyl (C=O) groups is 3. The van der Waals surface area contributed by atoms with E-state index >= 15 is 0 Å². The van der Waals surface area contributed by atoms with Gasteiger partial charge in [0.1, 0.15) is 34.7 Å². The Morgan fingerprint density at radius 2 is 1.52 bits per heavy atom. The Morgan fingerprint density at radius 3 is 2.12 bits per heavy atom. The number of nitrogens with zero attached hydrogens (tertiary/aromatic N) is 2. The molecule has 9 atom stereocenters. The average Bonchev–Trinajstić information content (AvgIpc) is 3.55. The zero-order chi connectivity index (χ0) is 49.4. The Bertz CT molecular complexity index is 2450. The fourth-order valence-corrected chi connectivity index (χ4v) is 9.51. The maximum Gasteiger partial charge on any atom is 0.312 e. The van der Waals surface area contributed by atoms with Crippen molar-refractivity contribution in [2.75, 3.05) is 43.5 Å². The van der Waals surface area contributed by atoms with Gasteiger partial charge in [-0.15, -0.1) is 0 Å². The van der Waals surface area contributed by atoms with Crippen LogP contribution in [0.2, 0.25) is 0 Å². The van der Waals surface area contributed by atoms with Crippen LogP contribution in [0, 0.1) is 30.6 Å². The number of phenols is 3. The van der Waals surface area contributed by atoms with E-state index in [1.165, 1.54) is 51.9 Å². The van der Waals surface area contributed by atoms with E-state index in [0.29, 0.717) is 32.7 Å². The Hall–Kier alpha value is -5.61. The van der Waals surface area contributed by atoms with Crippen molar-refractivity contribution in [1.82, 2.24) is 4.90 Å². The minimum Gasteiger partial charge on any atom is -0.507 e. The van der Waals surface area contributed by atoms with Crippen LogP contribution in [0.1, 0.15) is 96.3 Å². The van der Waals surface area contributed by atoms with Crippen LogP contribution in [-0.2, 0) is 35.8 Å². The highest BCUT2D eigenvalue weighted by Crippen LogP contribution is 2.57. The van der Waals surface area contributed by atoms with E-state index in [9.17, 15) is 39.9 Å². The molecule has 0 spiro atoms. The van der Waals surface area contributed by atoms with E-state index in [4.69, 9.17) is 18.9 Å². The second-order valence-corrected chi connectivity index (χ2v) is 19.8. The van der Waals surface area contributed by atoms with Crippen LogP contribution < -0.4 is 15.0 Å². The molecule has 15 nitrogen and oxygen atoms in total. The number of amides is 1. The number of anilines is 2. The molecule has 0 aliphatic carbocycles. The fraction of sp³-hybridized carbons (Fsp3) is 0.519. The van der Waals surface area contributed by atoms with Gasteiger partial charge in [-0.25, -0.2) is 0 Å². The number of nitrogens with one attached hydrogen (secondary N) is 1. The molecule has 3 aromatic carbocycles. The van der Waals surface area contributed by atoms with Crippen molar-refractivity contribution in [2.24, 2.45) is 23.7 Å². The first kappa shape index (κ1) is 50.8. The second-order valence-electron chi connectivity index (χ2n) is 19.8. The molecule has 0 unspecified atom stereocenters. The lowest BCUT2D eigenvalue weighted by molar-refractivity contribution is -0.160. The van der Waals surface area contributed by atoms with Gasteiger partial charge in [0.15, 0.2) is 5.75 Å². The normalized spacial score (nSPS) is 29.3. The molecule has 5 bridgehead atoms. The third kappa shape index (κ3) is 10.2. The first-order valence-electron chi connectivity index (χ1n) is 23.1. The molecule has 67 heavy (non-hydrogen) atoms. The molecule has 4 aliphatic heterocycles. The highest BCUT2D eigenvalue weighted by molar-refractivity contribution is 6.23. The number of hydrogen-bond acceptors (Lipinski definition) is 14. The summed E-state index contributed by atoms with van der Waals surface area (Å²) in [5.41, 5.74) is 2.42. The number of Topliss-reactive ketones (excluding diaryl/α,β-unsaturated/α-hetero) is 1. The highest BCUT2D eigenvalue weighted by atomic mass is 16.7. The summed E-state index contributed by atoms with van der Waals surface area (Å²) in [7, 11) is 1.45. The summed E-state index contributed by atoms with van der Waals surface area (Å²) < 4.78 is 23.9. The Kier molecular flexibility index (Phi) is 15.1. The number of methoxy groups -OCH3 is 1. The summed E-state index contributed by atoms with van der Waals surface area (Å²) in [5, 5.41) is 61.9. The molecule has 4 aliphatic rings. The molecule has 4 heterocycles. The van der Waals surface area contributed by atoms with Gasteiger partial charge in [-0.1, -0.05) is 91.0 Å². The van der Waals surface area contributed by atoms with Gasteiger partial charge in [-0.05, 0) is 36.5 Å². The van der Waals surface area contributed by atoms with E-state index in [0.717, 1.165) is 5.56 Å². The van der Waals surface area contributed by atoms with Crippen molar-refractivity contribution in [3.63, 3.8) is 0 Å². The van der Waals surface area contributed by atoms with Crippen LogP contribution in [0.3, 0.4) is 0 Å². The highest BCUT2D eigenvalue weighted by Gasteiger charge is 2.50. The van der Waals surface area contributed by atoms with Gasteiger partial charge in [0.25, 0.3) is 11.7 Å². The molecule has 0 saturated carbocycles. The first-order chi connectivity index (χ1) is 31.4. The van der Waals surface area contributed by atoms with Crippen molar-refractivity contribution in [2.45, 2.75) is 118 Å². The Morgan fingerprint density at radius 1 is 0.881 bits per heavy atom. The zero-order valence-electron chi connectivity index (χ0n) is 40.8. The van der Waals surface area contributed by atoms with Crippen molar-refractivity contribution in [3.05, 3.63) is 82.7 Å². The van der Waals surface area contributed by atoms with Crippen molar-refractivity contribution in [1.29, 1.82) is 0 Å². The maximum absolute atomic E-state index is 14.7. The number of aromatic hydroxyl groups is 3. The standard InChI is InChI=1S/C52H69N3O12/c1-27-14-13-15-28(2)50(63)53-40-41(55-23-21-54(22-24-55)26-34-16-18-35(19-17-34)51(8,9)10)46(61)37-38(45(40)60)44(59)32(6)48-39(37)49(62)52(11,67-48)65-25-20-36(64-12)29(3)47(66-33(7)56)31(5)43(58)30(4)42(27)57/h13-20,25,27,29-31,36,42-43,47,57-61H,21-24,26H2,1-12H3,(H,53,63)/b14-13-,25-20?,28-15-/t27-,29+,30+,31+,36-,42-,43+,47+,52-/m0/s1. The SMILES string of the molecule is CO[C@H]1C=CO[C@@]2(C)Oc3c(C)c(O)c4c(O)c(c(N5CCN(Cc6ccc(C(C)(C)C)cc6)CC5)c(O)c4c3C2=O)NC(=O)/C(C)=C\C=C/[C@H](C)[C@H](O)[C@@H](C)[C@@H](O)[C@@H](C)[C@H](OC(C)=O)[C@@H]1C. The van der Waals surface area contributed by atoms with Crippen LogP contribution in [0.15, 0.2) is 60.4 Å². The van der Waals surface area contributed by atoms with Crippen LogP contribution in [-0.4, -0.2) is 112 Å². The lowest BCUT2D eigenvalue weighted by Gasteiger charge is -2.38. The number of ketones is 1. The number of carbonyl (C=O) groups excluding carboxylic acids is 3. The van der Waals surface area contributed by atoms with Gasteiger partial charge < -0.3 is 54.7 Å². The summed E-state index contributed by atoms with van der Waals surface area (Å²) in [5.74, 6) is -8.05. The lowest BCUT2D eigenvalue weighted by Crippen LogP contribution is -2.46. The van der Waals surface area contributed by atoms with E-state index in [2.05, 4.69) is 55.3 Å². The maximum atomic E-state index is 14.7. The molecule has 3 aromatic rings. The van der Waals surface area contributed by atoms with Gasteiger partial charge in [0.05, 0.1) is 35.5 Å². The molecule has 1 amide bonds. The number of ether oxygens (including phenoxy) is 4. The molecule has 6 N–H and O–H groups in total. The Labute approximate surface area is 393 Å². The average molecular weight is 928 g/mol. The largest absolute Gasteiger partial charge is 0.507 e. The van der Waals surface area contributed by atoms with E-state index in [1.807, 2.05) is 4.90 Å². The predicted octanol–water partition coefficient (Wildman–Crippen LogP) is 7.37. The van der Waals surface area contributed by atoms with Gasteiger partial charge in [0, 0.05) is 93.9 Å². The van der Waals surface area contributed by atoms with Crippen molar-refractivity contribution >= 4 is 39.8 Å². The predicted molar refractivity (Wildman–Crippen MR) is 256 cm³/mol. The molecule has 0 radical (unpaired) electrons. The van der Waals surface area contributed by atoms with Gasteiger partial charge in [0.2, 0.25) is 0 Å². The second kappa shape index (κ2) is 19.9. The number of rotatable bonds is 5. The number of fused-ring (bicyclic) bond motifs is 14. The molecule has 1 saturated heterocycles.